The van der Waals surface area contributed by atoms with E-state index in [1.54, 1.807) is 14.2 Å². The molecule has 1 aliphatic rings. The first-order chi connectivity index (χ1) is 13.6. The quantitative estimate of drug-likeness (QED) is 0.198. The highest BCUT2D eigenvalue weighted by Crippen LogP contribution is 2.45. The Labute approximate surface area is 181 Å². The molecule has 1 heterocycles. The Morgan fingerprint density at radius 3 is 2.03 bits per heavy atom. The molecule has 4 nitrogen and oxygen atoms in total. The molecule has 0 saturated heterocycles. The largest absolute Gasteiger partial charge is 0.545 e. The van der Waals surface area contributed by atoms with Crippen LogP contribution in [-0.4, -0.2) is 52.4 Å². The van der Waals surface area contributed by atoms with Crippen molar-refractivity contribution in [2.45, 2.75) is 89.3 Å². The minimum absolute atomic E-state index is 0.131. The summed E-state index contributed by atoms with van der Waals surface area (Å²) in [5, 5.41) is 0. The second-order valence-corrected chi connectivity index (χ2v) is 14.6. The van der Waals surface area contributed by atoms with Crippen LogP contribution in [-0.2, 0) is 13.9 Å². The number of nitrogens with zero attached hydrogens (tertiary/aromatic N) is 1. The summed E-state index contributed by atoms with van der Waals surface area (Å²) >= 11 is 0. The molecule has 0 radical (unpaired) electrons. The maximum absolute atomic E-state index is 6.99. The van der Waals surface area contributed by atoms with Crippen molar-refractivity contribution in [2.24, 2.45) is 0 Å². The molecule has 0 saturated carbocycles. The van der Waals surface area contributed by atoms with Crippen molar-refractivity contribution < 1.29 is 13.9 Å². The zero-order valence-corrected chi connectivity index (χ0v) is 21.2. The van der Waals surface area contributed by atoms with E-state index in [1.807, 2.05) is 6.08 Å². The summed E-state index contributed by atoms with van der Waals surface area (Å²) in [6.45, 7) is 23.8. The predicted octanol–water partition coefficient (Wildman–Crippen LogP) is 6.28. The normalized spacial score (nSPS) is 21.2. The SMILES string of the molecule is C=CCN1CC(O[Si](C(C)C)(C(C)C)C(C)C)=CC[C@]1(C=C)CCC(OC)OC. The molecule has 168 valence electrons. The third-order valence-corrected chi connectivity index (χ3v) is 12.8. The Morgan fingerprint density at radius 1 is 1.07 bits per heavy atom. The summed E-state index contributed by atoms with van der Waals surface area (Å²) < 4.78 is 17.8. The lowest BCUT2D eigenvalue weighted by Gasteiger charge is -2.48. The van der Waals surface area contributed by atoms with Crippen LogP contribution >= 0.6 is 0 Å². The molecule has 0 unspecified atom stereocenters. The van der Waals surface area contributed by atoms with Gasteiger partial charge in [-0.2, -0.15) is 0 Å². The highest BCUT2D eigenvalue weighted by Gasteiger charge is 2.48. The molecule has 0 aromatic rings. The van der Waals surface area contributed by atoms with Crippen LogP contribution in [0.1, 0.15) is 60.8 Å². The summed E-state index contributed by atoms with van der Waals surface area (Å²) in [4.78, 5) is 2.45. The van der Waals surface area contributed by atoms with Crippen molar-refractivity contribution in [3.8, 4) is 0 Å². The Morgan fingerprint density at radius 2 is 1.62 bits per heavy atom. The average Bonchev–Trinajstić information content (AvgIpc) is 2.67. The standard InChI is InChI=1S/C24H45NO3Si/c1-11-17-25-18-22(28-29(19(3)4,20(5)6)21(7)8)13-15-24(25,12-2)16-14-23(26-9)27-10/h11-13,19-21,23H,1-2,14-18H2,3-10H3/t24-/m1/s1. The van der Waals surface area contributed by atoms with Crippen LogP contribution in [0.5, 0.6) is 0 Å². The van der Waals surface area contributed by atoms with Crippen LogP contribution in [0.15, 0.2) is 37.1 Å². The van der Waals surface area contributed by atoms with E-state index >= 15 is 0 Å². The predicted molar refractivity (Wildman–Crippen MR) is 127 cm³/mol. The van der Waals surface area contributed by atoms with Gasteiger partial charge in [0.05, 0.1) is 12.3 Å². The summed E-state index contributed by atoms with van der Waals surface area (Å²) in [7, 11) is 1.42. The third kappa shape index (κ3) is 5.84. The Bertz CT molecular complexity index is 533. The van der Waals surface area contributed by atoms with Crippen LogP contribution in [0.25, 0.3) is 0 Å². The van der Waals surface area contributed by atoms with Crippen LogP contribution in [0.3, 0.4) is 0 Å². The van der Waals surface area contributed by atoms with E-state index in [1.165, 1.54) is 0 Å². The van der Waals surface area contributed by atoms with Gasteiger partial charge in [-0.1, -0.05) is 53.7 Å². The van der Waals surface area contributed by atoms with Crippen molar-refractivity contribution in [1.29, 1.82) is 0 Å². The molecular weight excluding hydrogens is 378 g/mol. The zero-order valence-electron chi connectivity index (χ0n) is 20.2. The van der Waals surface area contributed by atoms with E-state index in [4.69, 9.17) is 13.9 Å². The van der Waals surface area contributed by atoms with E-state index in [-0.39, 0.29) is 11.8 Å². The molecule has 0 N–H and O–H groups in total. The zero-order chi connectivity index (χ0) is 22.2. The van der Waals surface area contributed by atoms with Crippen molar-refractivity contribution in [3.63, 3.8) is 0 Å². The number of ether oxygens (including phenoxy) is 2. The third-order valence-electron chi connectivity index (χ3n) is 6.74. The van der Waals surface area contributed by atoms with Gasteiger partial charge in [-0.3, -0.25) is 4.90 Å². The molecule has 0 aromatic carbocycles. The molecule has 0 fully saturated rings. The number of hydrogen-bond acceptors (Lipinski definition) is 4. The first-order valence-corrected chi connectivity index (χ1v) is 13.2. The van der Waals surface area contributed by atoms with Gasteiger partial charge < -0.3 is 13.9 Å². The molecule has 1 rings (SSSR count). The van der Waals surface area contributed by atoms with Gasteiger partial charge in [0, 0.05) is 32.7 Å². The fourth-order valence-corrected chi connectivity index (χ4v) is 10.5. The highest BCUT2D eigenvalue weighted by atomic mass is 28.4. The smallest absolute Gasteiger partial charge is 0.258 e. The maximum Gasteiger partial charge on any atom is 0.258 e. The molecule has 0 aliphatic carbocycles. The van der Waals surface area contributed by atoms with E-state index in [0.717, 1.165) is 38.1 Å². The summed E-state index contributed by atoms with van der Waals surface area (Å²) in [6.07, 6.45) is 8.81. The Hall–Kier alpha value is -0.883. The number of methoxy groups -OCH3 is 2. The van der Waals surface area contributed by atoms with E-state index in [0.29, 0.717) is 16.6 Å². The molecule has 0 aromatic heterocycles. The monoisotopic (exact) mass is 423 g/mol. The van der Waals surface area contributed by atoms with Crippen LogP contribution in [0.2, 0.25) is 16.6 Å². The van der Waals surface area contributed by atoms with Gasteiger partial charge in [0.15, 0.2) is 6.29 Å². The van der Waals surface area contributed by atoms with Crippen LogP contribution in [0, 0.1) is 0 Å². The molecule has 0 amide bonds. The fourth-order valence-electron chi connectivity index (χ4n) is 5.16. The minimum atomic E-state index is -1.96. The highest BCUT2D eigenvalue weighted by molar-refractivity contribution is 6.77. The first kappa shape index (κ1) is 26.2. The molecule has 0 bridgehead atoms. The first-order valence-electron chi connectivity index (χ1n) is 11.1. The van der Waals surface area contributed by atoms with Gasteiger partial charge in [0.1, 0.15) is 0 Å². The molecule has 1 aliphatic heterocycles. The van der Waals surface area contributed by atoms with E-state index < -0.39 is 8.32 Å². The average molecular weight is 424 g/mol. The van der Waals surface area contributed by atoms with Gasteiger partial charge in [0.2, 0.25) is 0 Å². The van der Waals surface area contributed by atoms with Crippen LogP contribution in [0.4, 0.5) is 0 Å². The van der Waals surface area contributed by atoms with Crippen molar-refractivity contribution in [3.05, 3.63) is 37.1 Å². The minimum Gasteiger partial charge on any atom is -0.545 e. The van der Waals surface area contributed by atoms with Crippen molar-refractivity contribution in [1.82, 2.24) is 4.90 Å². The second-order valence-electron chi connectivity index (χ2n) is 9.21. The summed E-state index contributed by atoms with van der Waals surface area (Å²) in [6, 6.07) is 0. The molecule has 5 heteroatoms. The van der Waals surface area contributed by atoms with Gasteiger partial charge >= 0.3 is 0 Å². The number of rotatable bonds is 13. The lowest BCUT2D eigenvalue weighted by Crippen LogP contribution is -2.53. The van der Waals surface area contributed by atoms with Gasteiger partial charge in [-0.05, 0) is 35.5 Å². The van der Waals surface area contributed by atoms with E-state index in [2.05, 4.69) is 71.8 Å². The van der Waals surface area contributed by atoms with Crippen LogP contribution < -0.4 is 0 Å². The fraction of sp³-hybridized carbons (Fsp3) is 0.750. The Balaban J connectivity index is 3.16. The van der Waals surface area contributed by atoms with Gasteiger partial charge in [-0.15, -0.1) is 13.2 Å². The van der Waals surface area contributed by atoms with E-state index in [9.17, 15) is 0 Å². The molecule has 29 heavy (non-hydrogen) atoms. The van der Waals surface area contributed by atoms with Gasteiger partial charge in [0.25, 0.3) is 8.32 Å². The second kappa shape index (κ2) is 11.5. The lowest BCUT2D eigenvalue weighted by atomic mass is 9.84. The summed E-state index contributed by atoms with van der Waals surface area (Å²) in [5.41, 5.74) is 1.55. The molecule has 0 spiro atoms. The van der Waals surface area contributed by atoms with Gasteiger partial charge in [-0.25, -0.2) is 0 Å². The Kier molecular flexibility index (Phi) is 10.4. The maximum atomic E-state index is 6.99. The molecule has 1 atom stereocenters. The molecular formula is C24H45NO3Si. The van der Waals surface area contributed by atoms with Crippen molar-refractivity contribution >= 4 is 8.32 Å². The number of hydrogen-bond donors (Lipinski definition) is 0. The lowest BCUT2D eigenvalue weighted by molar-refractivity contribution is -0.111. The topological polar surface area (TPSA) is 30.9 Å². The summed E-state index contributed by atoms with van der Waals surface area (Å²) in [5.74, 6) is 1.13. The van der Waals surface area contributed by atoms with Crippen molar-refractivity contribution in [2.75, 3.05) is 27.3 Å².